The molecule has 2 aromatic carbocycles. The Bertz CT molecular complexity index is 959. The second-order valence-electron chi connectivity index (χ2n) is 6.17. The van der Waals surface area contributed by atoms with Gasteiger partial charge in [0.2, 0.25) is 5.91 Å². The second kappa shape index (κ2) is 7.27. The lowest BCUT2D eigenvalue weighted by Crippen LogP contribution is -2.13. The topological polar surface area (TPSA) is 63.1 Å². The summed E-state index contributed by atoms with van der Waals surface area (Å²) in [5.41, 5.74) is 4.79. The Labute approximate surface area is 152 Å². The Morgan fingerprint density at radius 1 is 0.846 bits per heavy atom. The minimum atomic E-state index is -0.180. The van der Waals surface area contributed by atoms with Gasteiger partial charge in [-0.3, -0.25) is 9.59 Å². The van der Waals surface area contributed by atoms with Crippen LogP contribution in [0.25, 0.3) is 5.69 Å². The second-order valence-corrected chi connectivity index (χ2v) is 6.17. The molecule has 0 fully saturated rings. The van der Waals surface area contributed by atoms with E-state index in [0.717, 1.165) is 17.1 Å². The highest BCUT2D eigenvalue weighted by molar-refractivity contribution is 6.05. The molecule has 2 amide bonds. The predicted octanol–water partition coefficient (Wildman–Crippen LogP) is 4.30. The number of benzene rings is 2. The number of nitrogens with one attached hydrogen (secondary N) is 2. The molecule has 2 N–H and O–H groups in total. The first-order valence-electron chi connectivity index (χ1n) is 8.39. The number of para-hydroxylation sites is 1. The predicted molar refractivity (Wildman–Crippen MR) is 104 cm³/mol. The van der Waals surface area contributed by atoms with E-state index in [4.69, 9.17) is 0 Å². The summed E-state index contributed by atoms with van der Waals surface area (Å²) in [4.78, 5) is 23.9. The SMILES string of the molecule is CC(=O)Nc1cccc(NC(=O)c2cc(C)n(-c3ccccc3)c2C)c1. The average Bonchev–Trinajstić information content (AvgIpc) is 2.90. The van der Waals surface area contributed by atoms with Crippen molar-refractivity contribution in [1.29, 1.82) is 0 Å². The fourth-order valence-corrected chi connectivity index (χ4v) is 3.04. The first-order valence-corrected chi connectivity index (χ1v) is 8.39. The first kappa shape index (κ1) is 17.5. The van der Waals surface area contributed by atoms with Crippen LogP contribution in [-0.2, 0) is 4.79 Å². The van der Waals surface area contributed by atoms with Crippen LogP contribution >= 0.6 is 0 Å². The summed E-state index contributed by atoms with van der Waals surface area (Å²) in [5, 5.41) is 5.61. The molecule has 1 heterocycles. The normalized spacial score (nSPS) is 10.4. The molecular weight excluding hydrogens is 326 g/mol. The molecule has 0 aliphatic carbocycles. The number of rotatable bonds is 4. The number of aryl methyl sites for hydroxylation is 1. The highest BCUT2D eigenvalue weighted by Crippen LogP contribution is 2.22. The number of amides is 2. The fraction of sp³-hybridized carbons (Fsp3) is 0.143. The largest absolute Gasteiger partial charge is 0.326 e. The van der Waals surface area contributed by atoms with Crippen molar-refractivity contribution in [3.05, 3.63) is 77.6 Å². The third-order valence-corrected chi connectivity index (χ3v) is 4.13. The van der Waals surface area contributed by atoms with E-state index in [9.17, 15) is 9.59 Å². The van der Waals surface area contributed by atoms with Gasteiger partial charge in [0.05, 0.1) is 5.56 Å². The van der Waals surface area contributed by atoms with Gasteiger partial charge in [0.15, 0.2) is 0 Å². The molecule has 0 saturated heterocycles. The van der Waals surface area contributed by atoms with Crippen LogP contribution in [0.15, 0.2) is 60.7 Å². The molecule has 26 heavy (non-hydrogen) atoms. The molecule has 5 heteroatoms. The molecule has 1 aromatic heterocycles. The van der Waals surface area contributed by atoms with E-state index in [-0.39, 0.29) is 11.8 Å². The molecule has 3 aromatic rings. The van der Waals surface area contributed by atoms with Gasteiger partial charge in [-0.2, -0.15) is 0 Å². The minimum Gasteiger partial charge on any atom is -0.326 e. The third-order valence-electron chi connectivity index (χ3n) is 4.13. The molecule has 3 rings (SSSR count). The summed E-state index contributed by atoms with van der Waals surface area (Å²) in [6, 6.07) is 18.9. The molecule has 0 aliphatic rings. The number of hydrogen-bond acceptors (Lipinski definition) is 2. The van der Waals surface area contributed by atoms with Gasteiger partial charge in [-0.25, -0.2) is 0 Å². The molecule has 132 valence electrons. The maximum absolute atomic E-state index is 12.8. The maximum Gasteiger partial charge on any atom is 0.257 e. The van der Waals surface area contributed by atoms with E-state index < -0.39 is 0 Å². The van der Waals surface area contributed by atoms with Gasteiger partial charge in [0.1, 0.15) is 0 Å². The Morgan fingerprint density at radius 3 is 2.15 bits per heavy atom. The van der Waals surface area contributed by atoms with Gasteiger partial charge < -0.3 is 15.2 Å². The number of hydrogen-bond donors (Lipinski definition) is 2. The summed E-state index contributed by atoms with van der Waals surface area (Å²) in [6.45, 7) is 5.36. The third kappa shape index (κ3) is 3.67. The monoisotopic (exact) mass is 347 g/mol. The van der Waals surface area contributed by atoms with E-state index in [2.05, 4.69) is 15.2 Å². The summed E-state index contributed by atoms with van der Waals surface area (Å²) >= 11 is 0. The summed E-state index contributed by atoms with van der Waals surface area (Å²) in [7, 11) is 0. The van der Waals surface area contributed by atoms with Crippen LogP contribution in [0.4, 0.5) is 11.4 Å². The molecule has 0 spiro atoms. The van der Waals surface area contributed by atoms with Crippen LogP contribution in [0.3, 0.4) is 0 Å². The molecular formula is C21H21N3O2. The zero-order valence-corrected chi connectivity index (χ0v) is 15.0. The zero-order chi connectivity index (χ0) is 18.7. The number of anilines is 2. The smallest absolute Gasteiger partial charge is 0.257 e. The average molecular weight is 347 g/mol. The van der Waals surface area contributed by atoms with Crippen LogP contribution < -0.4 is 10.6 Å². The standard InChI is InChI=1S/C21H21N3O2/c1-14-12-20(15(2)24(14)19-10-5-4-6-11-19)21(26)23-18-9-7-8-17(13-18)22-16(3)25/h4-13H,1-3H3,(H,22,25)(H,23,26). The Kier molecular flexibility index (Phi) is 4.89. The van der Waals surface area contributed by atoms with Crippen LogP contribution in [0.2, 0.25) is 0 Å². The quantitative estimate of drug-likeness (QED) is 0.739. The van der Waals surface area contributed by atoms with Gasteiger partial charge in [0, 0.05) is 35.4 Å². The maximum atomic E-state index is 12.8. The molecule has 0 unspecified atom stereocenters. The van der Waals surface area contributed by atoms with E-state index in [0.29, 0.717) is 16.9 Å². The highest BCUT2D eigenvalue weighted by atomic mass is 16.2. The summed E-state index contributed by atoms with van der Waals surface area (Å²) in [6.07, 6.45) is 0. The van der Waals surface area contributed by atoms with E-state index in [1.807, 2.05) is 50.2 Å². The lowest BCUT2D eigenvalue weighted by atomic mass is 10.2. The van der Waals surface area contributed by atoms with Gasteiger partial charge in [-0.05, 0) is 50.2 Å². The van der Waals surface area contributed by atoms with Crippen molar-refractivity contribution in [3.63, 3.8) is 0 Å². The van der Waals surface area contributed by atoms with E-state index in [1.165, 1.54) is 6.92 Å². The van der Waals surface area contributed by atoms with Crippen LogP contribution in [0.1, 0.15) is 28.7 Å². The van der Waals surface area contributed by atoms with Gasteiger partial charge in [-0.15, -0.1) is 0 Å². The van der Waals surface area contributed by atoms with Gasteiger partial charge in [0.25, 0.3) is 5.91 Å². The van der Waals surface area contributed by atoms with Crippen LogP contribution in [0.5, 0.6) is 0 Å². The first-order chi connectivity index (χ1) is 12.5. The number of aromatic nitrogens is 1. The van der Waals surface area contributed by atoms with Crippen molar-refractivity contribution >= 4 is 23.2 Å². The molecule has 5 nitrogen and oxygen atoms in total. The molecule has 0 radical (unpaired) electrons. The molecule has 0 bridgehead atoms. The summed E-state index contributed by atoms with van der Waals surface area (Å²) in [5.74, 6) is -0.333. The van der Waals surface area contributed by atoms with Crippen LogP contribution in [0, 0.1) is 13.8 Å². The summed E-state index contributed by atoms with van der Waals surface area (Å²) < 4.78 is 2.06. The van der Waals surface area contributed by atoms with Crippen molar-refractivity contribution in [3.8, 4) is 5.69 Å². The Morgan fingerprint density at radius 2 is 1.50 bits per heavy atom. The van der Waals surface area contributed by atoms with Gasteiger partial charge in [-0.1, -0.05) is 24.3 Å². The lowest BCUT2D eigenvalue weighted by Gasteiger charge is -2.10. The zero-order valence-electron chi connectivity index (χ0n) is 15.0. The van der Waals surface area contributed by atoms with Crippen molar-refractivity contribution in [1.82, 2.24) is 4.57 Å². The van der Waals surface area contributed by atoms with E-state index in [1.54, 1.807) is 24.3 Å². The Hall–Kier alpha value is -3.34. The lowest BCUT2D eigenvalue weighted by molar-refractivity contribution is -0.114. The van der Waals surface area contributed by atoms with Crippen molar-refractivity contribution in [2.45, 2.75) is 20.8 Å². The Balaban J connectivity index is 1.86. The minimum absolute atomic E-state index is 0.153. The highest BCUT2D eigenvalue weighted by Gasteiger charge is 2.16. The number of carbonyl (C=O) groups is 2. The number of carbonyl (C=O) groups excluding carboxylic acids is 2. The van der Waals surface area contributed by atoms with E-state index >= 15 is 0 Å². The van der Waals surface area contributed by atoms with Crippen molar-refractivity contribution < 1.29 is 9.59 Å². The molecule has 0 saturated carbocycles. The van der Waals surface area contributed by atoms with Crippen molar-refractivity contribution in [2.75, 3.05) is 10.6 Å². The number of nitrogens with zero attached hydrogens (tertiary/aromatic N) is 1. The fourth-order valence-electron chi connectivity index (χ4n) is 3.04. The van der Waals surface area contributed by atoms with Crippen molar-refractivity contribution in [2.24, 2.45) is 0 Å². The van der Waals surface area contributed by atoms with Crippen LogP contribution in [-0.4, -0.2) is 16.4 Å². The molecule has 0 atom stereocenters. The van der Waals surface area contributed by atoms with Gasteiger partial charge >= 0.3 is 0 Å². The molecule has 0 aliphatic heterocycles.